The lowest BCUT2D eigenvalue weighted by Gasteiger charge is -2.34. The van der Waals surface area contributed by atoms with Crippen molar-refractivity contribution in [2.24, 2.45) is 0 Å². The second kappa shape index (κ2) is 8.25. The predicted octanol–water partition coefficient (Wildman–Crippen LogP) is 2.07. The molecule has 2 aromatic rings. The molecule has 1 aromatic heterocycles. The van der Waals surface area contributed by atoms with Crippen molar-refractivity contribution in [2.45, 2.75) is 52.2 Å². The first-order valence-electron chi connectivity index (χ1n) is 9.07. The first-order chi connectivity index (χ1) is 12.1. The van der Waals surface area contributed by atoms with Crippen LogP contribution in [0.15, 0.2) is 30.3 Å². The molecule has 1 fully saturated rings. The zero-order chi connectivity index (χ0) is 17.6. The number of aromatic nitrogens is 3. The lowest BCUT2D eigenvalue weighted by molar-refractivity contribution is -0.127. The van der Waals surface area contributed by atoms with Crippen LogP contribution in [-0.2, 0) is 17.9 Å². The predicted molar refractivity (Wildman–Crippen MR) is 97.0 cm³/mol. The minimum Gasteiger partial charge on any atom is -0.353 e. The zero-order valence-corrected chi connectivity index (χ0v) is 15.1. The number of nitrogens with one attached hydrogen (secondary N) is 1. The van der Waals surface area contributed by atoms with Crippen LogP contribution in [0.1, 0.15) is 36.5 Å². The monoisotopic (exact) mass is 341 g/mol. The SMILES string of the molecule is Cc1nc(C)n(CCNC(=O)C2CCCCN2Cc2ccccc2)n1. The lowest BCUT2D eigenvalue weighted by Crippen LogP contribution is -2.49. The van der Waals surface area contributed by atoms with Gasteiger partial charge in [-0.25, -0.2) is 9.67 Å². The van der Waals surface area contributed by atoms with Crippen LogP contribution in [0.3, 0.4) is 0 Å². The molecule has 1 unspecified atom stereocenters. The third-order valence-corrected chi connectivity index (χ3v) is 4.73. The van der Waals surface area contributed by atoms with Crippen LogP contribution in [0, 0.1) is 13.8 Å². The van der Waals surface area contributed by atoms with Crippen LogP contribution in [0.2, 0.25) is 0 Å². The van der Waals surface area contributed by atoms with Gasteiger partial charge in [-0.1, -0.05) is 36.8 Å². The van der Waals surface area contributed by atoms with E-state index < -0.39 is 0 Å². The molecule has 0 spiro atoms. The molecule has 134 valence electrons. The van der Waals surface area contributed by atoms with Crippen LogP contribution < -0.4 is 5.32 Å². The number of rotatable bonds is 6. The Morgan fingerprint density at radius 2 is 2.04 bits per heavy atom. The lowest BCUT2D eigenvalue weighted by atomic mass is 10.0. The van der Waals surface area contributed by atoms with E-state index >= 15 is 0 Å². The number of carbonyl (C=O) groups excluding carboxylic acids is 1. The highest BCUT2D eigenvalue weighted by Gasteiger charge is 2.28. The zero-order valence-electron chi connectivity index (χ0n) is 15.1. The second-order valence-corrected chi connectivity index (χ2v) is 6.69. The van der Waals surface area contributed by atoms with Crippen LogP contribution in [0.4, 0.5) is 0 Å². The minimum absolute atomic E-state index is 0.0347. The van der Waals surface area contributed by atoms with Crippen LogP contribution in [0.25, 0.3) is 0 Å². The summed E-state index contributed by atoms with van der Waals surface area (Å²) in [5, 5.41) is 7.42. The first kappa shape index (κ1) is 17.6. The number of piperidine rings is 1. The molecule has 25 heavy (non-hydrogen) atoms. The number of likely N-dealkylation sites (tertiary alicyclic amines) is 1. The average molecular weight is 341 g/mol. The first-order valence-corrected chi connectivity index (χ1v) is 9.07. The Morgan fingerprint density at radius 3 is 2.76 bits per heavy atom. The molecule has 1 N–H and O–H groups in total. The molecule has 1 aliphatic heterocycles. The van der Waals surface area contributed by atoms with Crippen molar-refractivity contribution in [1.82, 2.24) is 25.0 Å². The maximum atomic E-state index is 12.7. The maximum absolute atomic E-state index is 12.7. The average Bonchev–Trinajstić information content (AvgIpc) is 2.93. The molecule has 6 heteroatoms. The van der Waals surface area contributed by atoms with E-state index in [0.29, 0.717) is 13.1 Å². The van der Waals surface area contributed by atoms with Gasteiger partial charge in [0.15, 0.2) is 0 Å². The van der Waals surface area contributed by atoms with Crippen LogP contribution in [-0.4, -0.2) is 44.7 Å². The van der Waals surface area contributed by atoms with Crippen molar-refractivity contribution in [1.29, 1.82) is 0 Å². The number of hydrogen-bond donors (Lipinski definition) is 1. The van der Waals surface area contributed by atoms with E-state index in [4.69, 9.17) is 0 Å². The van der Waals surface area contributed by atoms with Gasteiger partial charge in [0.25, 0.3) is 0 Å². The van der Waals surface area contributed by atoms with Gasteiger partial charge in [-0.05, 0) is 38.8 Å². The molecule has 1 aliphatic rings. The molecule has 1 aromatic carbocycles. The summed E-state index contributed by atoms with van der Waals surface area (Å²) in [5.74, 6) is 1.78. The van der Waals surface area contributed by atoms with Crippen molar-refractivity contribution in [3.05, 3.63) is 47.5 Å². The number of hydrogen-bond acceptors (Lipinski definition) is 4. The Bertz CT molecular complexity index is 697. The number of aryl methyl sites for hydroxylation is 2. The van der Waals surface area contributed by atoms with Crippen LogP contribution >= 0.6 is 0 Å². The number of carbonyl (C=O) groups is 1. The van der Waals surface area contributed by atoms with Gasteiger partial charge in [0.2, 0.25) is 5.91 Å². The van der Waals surface area contributed by atoms with Gasteiger partial charge in [-0.2, -0.15) is 5.10 Å². The van der Waals surface area contributed by atoms with Gasteiger partial charge >= 0.3 is 0 Å². The Hall–Kier alpha value is -2.21. The highest BCUT2D eigenvalue weighted by Crippen LogP contribution is 2.19. The second-order valence-electron chi connectivity index (χ2n) is 6.69. The molecular weight excluding hydrogens is 314 g/mol. The highest BCUT2D eigenvalue weighted by molar-refractivity contribution is 5.81. The Balaban J connectivity index is 1.54. The topological polar surface area (TPSA) is 63.1 Å². The van der Waals surface area contributed by atoms with E-state index in [0.717, 1.165) is 44.0 Å². The Kier molecular flexibility index (Phi) is 5.81. The van der Waals surface area contributed by atoms with E-state index in [-0.39, 0.29) is 11.9 Å². The summed E-state index contributed by atoms with van der Waals surface area (Å²) in [6, 6.07) is 10.3. The molecule has 1 saturated heterocycles. The van der Waals surface area contributed by atoms with E-state index in [9.17, 15) is 4.79 Å². The third kappa shape index (κ3) is 4.66. The highest BCUT2D eigenvalue weighted by atomic mass is 16.2. The summed E-state index contributed by atoms with van der Waals surface area (Å²) in [7, 11) is 0. The van der Waals surface area contributed by atoms with Crippen LogP contribution in [0.5, 0.6) is 0 Å². The van der Waals surface area contributed by atoms with E-state index in [1.807, 2.05) is 24.6 Å². The number of nitrogens with zero attached hydrogens (tertiary/aromatic N) is 4. The van der Waals surface area contributed by atoms with Crippen molar-refractivity contribution >= 4 is 5.91 Å². The Morgan fingerprint density at radius 1 is 1.24 bits per heavy atom. The Labute approximate surface area is 149 Å². The third-order valence-electron chi connectivity index (χ3n) is 4.73. The molecule has 1 atom stereocenters. The largest absolute Gasteiger partial charge is 0.353 e. The van der Waals surface area contributed by atoms with Gasteiger partial charge < -0.3 is 5.32 Å². The summed E-state index contributed by atoms with van der Waals surface area (Å²) < 4.78 is 1.85. The molecule has 6 nitrogen and oxygen atoms in total. The number of amides is 1. The summed E-state index contributed by atoms with van der Waals surface area (Å²) in [5.41, 5.74) is 1.26. The normalized spacial score (nSPS) is 18.2. The fourth-order valence-corrected chi connectivity index (χ4v) is 3.47. The molecule has 1 amide bonds. The van der Waals surface area contributed by atoms with Gasteiger partial charge in [0, 0.05) is 13.1 Å². The molecule has 0 saturated carbocycles. The number of benzene rings is 1. The van der Waals surface area contributed by atoms with Gasteiger partial charge in [-0.15, -0.1) is 0 Å². The summed E-state index contributed by atoms with van der Waals surface area (Å²) in [4.78, 5) is 19.3. The van der Waals surface area contributed by atoms with Crippen molar-refractivity contribution in [3.63, 3.8) is 0 Å². The molecule has 0 aliphatic carbocycles. The fraction of sp³-hybridized carbons (Fsp3) is 0.526. The quantitative estimate of drug-likeness (QED) is 0.874. The molecule has 3 rings (SSSR count). The van der Waals surface area contributed by atoms with Crippen molar-refractivity contribution < 1.29 is 4.79 Å². The molecule has 0 bridgehead atoms. The standard InChI is InChI=1S/C19H27N5O/c1-15-21-16(2)24(22-15)13-11-20-19(25)18-10-6-7-12-23(18)14-17-8-4-3-5-9-17/h3-5,8-9,18H,6-7,10-14H2,1-2H3,(H,20,25). The van der Waals surface area contributed by atoms with Crippen molar-refractivity contribution in [2.75, 3.05) is 13.1 Å². The van der Waals surface area contributed by atoms with E-state index in [1.165, 1.54) is 5.56 Å². The van der Waals surface area contributed by atoms with Gasteiger partial charge in [0.05, 0.1) is 12.6 Å². The maximum Gasteiger partial charge on any atom is 0.237 e. The van der Waals surface area contributed by atoms with Gasteiger partial charge in [-0.3, -0.25) is 9.69 Å². The molecule has 2 heterocycles. The summed E-state index contributed by atoms with van der Waals surface area (Å²) >= 11 is 0. The summed E-state index contributed by atoms with van der Waals surface area (Å²) in [6.07, 6.45) is 3.21. The fourth-order valence-electron chi connectivity index (χ4n) is 3.47. The summed E-state index contributed by atoms with van der Waals surface area (Å²) in [6.45, 7) is 6.87. The van der Waals surface area contributed by atoms with Crippen molar-refractivity contribution in [3.8, 4) is 0 Å². The smallest absolute Gasteiger partial charge is 0.237 e. The van der Waals surface area contributed by atoms with Gasteiger partial charge in [0.1, 0.15) is 11.6 Å². The molecule has 0 radical (unpaired) electrons. The minimum atomic E-state index is -0.0347. The van der Waals surface area contributed by atoms with E-state index in [1.54, 1.807) is 0 Å². The molecular formula is C19H27N5O. The van der Waals surface area contributed by atoms with E-state index in [2.05, 4.69) is 44.6 Å².